The molecule has 0 amide bonds. The van der Waals surface area contributed by atoms with Crippen LogP contribution in [0.2, 0.25) is 0 Å². The highest BCUT2D eigenvalue weighted by Gasteiger charge is 2.57. The Hall–Kier alpha value is -1.35. The van der Waals surface area contributed by atoms with Crippen molar-refractivity contribution in [2.24, 2.45) is 5.41 Å². The van der Waals surface area contributed by atoms with E-state index in [2.05, 4.69) is 36.1 Å². The molecule has 3 heteroatoms. The molecule has 2 fully saturated rings. The normalized spacial score (nSPS) is 26.3. The predicted octanol–water partition coefficient (Wildman–Crippen LogP) is 2.78. The molecule has 1 spiro atoms. The Balaban J connectivity index is 1.72. The van der Waals surface area contributed by atoms with Gasteiger partial charge in [0.15, 0.2) is 0 Å². The summed E-state index contributed by atoms with van der Waals surface area (Å²) < 4.78 is 5.52. The third-order valence-electron chi connectivity index (χ3n) is 4.63. The number of carbonyl (C=O) groups is 1. The highest BCUT2D eigenvalue weighted by Crippen LogP contribution is 2.55. The van der Waals surface area contributed by atoms with E-state index in [1.54, 1.807) is 0 Å². The summed E-state index contributed by atoms with van der Waals surface area (Å²) in [5, 5.41) is 0. The molecule has 2 atom stereocenters. The Bertz CT molecular complexity index is 467. The number of hydrogen-bond donors (Lipinski definition) is 0. The molecule has 0 bridgehead atoms. The number of ether oxygens (including phenoxy) is 1. The zero-order valence-electron chi connectivity index (χ0n) is 11.6. The van der Waals surface area contributed by atoms with Gasteiger partial charge in [-0.15, -0.1) is 0 Å². The Kier molecular flexibility index (Phi) is 3.09. The first-order valence-electron chi connectivity index (χ1n) is 7.07. The second kappa shape index (κ2) is 4.64. The van der Waals surface area contributed by atoms with Gasteiger partial charge in [-0.05, 0) is 25.3 Å². The lowest BCUT2D eigenvalue weighted by molar-refractivity contribution is -0.148. The van der Waals surface area contributed by atoms with Crippen LogP contribution in [-0.4, -0.2) is 30.1 Å². The molecule has 1 aromatic carbocycles. The van der Waals surface area contributed by atoms with Gasteiger partial charge < -0.3 is 4.74 Å². The third kappa shape index (κ3) is 2.39. The monoisotopic (exact) mass is 259 g/mol. The van der Waals surface area contributed by atoms with Crippen molar-refractivity contribution >= 4 is 5.97 Å². The summed E-state index contributed by atoms with van der Waals surface area (Å²) >= 11 is 0. The average Bonchev–Trinajstić information content (AvgIpc) is 3.09. The van der Waals surface area contributed by atoms with Gasteiger partial charge in [0.05, 0.1) is 0 Å². The van der Waals surface area contributed by atoms with E-state index in [-0.39, 0.29) is 17.5 Å². The average molecular weight is 259 g/mol. The van der Waals surface area contributed by atoms with Crippen molar-refractivity contribution in [1.82, 2.24) is 4.90 Å². The molecule has 0 N–H and O–H groups in total. The van der Waals surface area contributed by atoms with E-state index < -0.39 is 0 Å². The van der Waals surface area contributed by atoms with Crippen LogP contribution >= 0.6 is 0 Å². The van der Waals surface area contributed by atoms with E-state index in [0.717, 1.165) is 13.1 Å². The molecule has 1 aliphatic heterocycles. The second-order valence-corrected chi connectivity index (χ2v) is 5.98. The van der Waals surface area contributed by atoms with Crippen LogP contribution in [-0.2, 0) is 9.53 Å². The van der Waals surface area contributed by atoms with Gasteiger partial charge in [-0.3, -0.25) is 9.69 Å². The molecule has 3 rings (SSSR count). The maximum Gasteiger partial charge on any atom is 0.302 e. The molecular weight excluding hydrogens is 238 g/mol. The molecular formula is C16H21NO2. The highest BCUT2D eigenvalue weighted by molar-refractivity contribution is 5.66. The van der Waals surface area contributed by atoms with Crippen molar-refractivity contribution in [2.45, 2.75) is 38.8 Å². The van der Waals surface area contributed by atoms with Crippen molar-refractivity contribution in [2.75, 3.05) is 13.1 Å². The summed E-state index contributed by atoms with van der Waals surface area (Å²) in [6, 6.07) is 10.9. The summed E-state index contributed by atoms with van der Waals surface area (Å²) in [5.74, 6) is -0.148. The van der Waals surface area contributed by atoms with Crippen LogP contribution in [0.4, 0.5) is 0 Å². The van der Waals surface area contributed by atoms with E-state index in [0.29, 0.717) is 6.04 Å². The minimum Gasteiger partial charge on any atom is -0.461 e. The fourth-order valence-corrected chi connectivity index (χ4v) is 3.22. The first kappa shape index (κ1) is 12.7. The summed E-state index contributed by atoms with van der Waals surface area (Å²) in [6.45, 7) is 5.68. The second-order valence-electron chi connectivity index (χ2n) is 5.98. The maximum atomic E-state index is 11.2. The molecule has 1 unspecified atom stereocenters. The van der Waals surface area contributed by atoms with Gasteiger partial charge in [-0.2, -0.15) is 0 Å². The van der Waals surface area contributed by atoms with Crippen molar-refractivity contribution in [3.05, 3.63) is 35.9 Å². The van der Waals surface area contributed by atoms with Crippen LogP contribution in [0.25, 0.3) is 0 Å². The van der Waals surface area contributed by atoms with Crippen molar-refractivity contribution in [1.29, 1.82) is 0 Å². The van der Waals surface area contributed by atoms with Gasteiger partial charge >= 0.3 is 5.97 Å². The quantitative estimate of drug-likeness (QED) is 0.782. The lowest BCUT2D eigenvalue weighted by Gasteiger charge is -2.24. The molecule has 1 aromatic rings. The maximum absolute atomic E-state index is 11.2. The van der Waals surface area contributed by atoms with Gasteiger partial charge in [-0.25, -0.2) is 0 Å². The standard InChI is InChI=1S/C16H21NO2/c1-12(14-6-4-3-5-7-14)17-10-15(19-13(2)18)16(11-17)8-9-16/h3-7,12,15H,8-11H2,1-2H3/t12-,15?/m1/s1. The van der Waals surface area contributed by atoms with Crippen LogP contribution in [0.3, 0.4) is 0 Å². The number of nitrogens with zero attached hydrogens (tertiary/aromatic N) is 1. The number of hydrogen-bond acceptors (Lipinski definition) is 3. The third-order valence-corrected chi connectivity index (χ3v) is 4.63. The van der Waals surface area contributed by atoms with Crippen molar-refractivity contribution in [3.8, 4) is 0 Å². The fraction of sp³-hybridized carbons (Fsp3) is 0.562. The van der Waals surface area contributed by atoms with E-state index >= 15 is 0 Å². The lowest BCUT2D eigenvalue weighted by Crippen LogP contribution is -2.27. The number of likely N-dealkylation sites (tertiary alicyclic amines) is 1. The fourth-order valence-electron chi connectivity index (χ4n) is 3.22. The van der Waals surface area contributed by atoms with Crippen molar-refractivity contribution < 1.29 is 9.53 Å². The molecule has 3 nitrogen and oxygen atoms in total. The van der Waals surface area contributed by atoms with E-state index in [4.69, 9.17) is 4.74 Å². The number of carbonyl (C=O) groups excluding carboxylic acids is 1. The topological polar surface area (TPSA) is 29.5 Å². The van der Waals surface area contributed by atoms with Crippen LogP contribution in [0.1, 0.15) is 38.3 Å². The molecule has 0 radical (unpaired) electrons. The number of esters is 1. The molecule has 19 heavy (non-hydrogen) atoms. The van der Waals surface area contributed by atoms with Crippen LogP contribution in [0.15, 0.2) is 30.3 Å². The Morgan fingerprint density at radius 2 is 2.05 bits per heavy atom. The first-order chi connectivity index (χ1) is 9.11. The molecule has 0 aromatic heterocycles. The molecule has 1 saturated heterocycles. The largest absolute Gasteiger partial charge is 0.461 e. The number of benzene rings is 1. The van der Waals surface area contributed by atoms with E-state index in [1.807, 2.05) is 6.07 Å². The molecule has 102 valence electrons. The minimum absolute atomic E-state index is 0.0937. The molecule has 1 aliphatic carbocycles. The highest BCUT2D eigenvalue weighted by atomic mass is 16.5. The van der Waals surface area contributed by atoms with Gasteiger partial charge in [0.25, 0.3) is 0 Å². The molecule has 1 saturated carbocycles. The van der Waals surface area contributed by atoms with Gasteiger partial charge in [0, 0.05) is 31.5 Å². The van der Waals surface area contributed by atoms with Gasteiger partial charge in [-0.1, -0.05) is 30.3 Å². The number of rotatable bonds is 3. The van der Waals surface area contributed by atoms with Crippen LogP contribution in [0, 0.1) is 5.41 Å². The van der Waals surface area contributed by atoms with E-state index in [9.17, 15) is 4.79 Å². The van der Waals surface area contributed by atoms with Crippen molar-refractivity contribution in [3.63, 3.8) is 0 Å². The molecule has 1 heterocycles. The predicted molar refractivity (Wildman–Crippen MR) is 73.7 cm³/mol. The molecule has 2 aliphatic rings. The Morgan fingerprint density at radius 1 is 1.37 bits per heavy atom. The Labute approximate surface area is 114 Å². The zero-order chi connectivity index (χ0) is 13.5. The van der Waals surface area contributed by atoms with Crippen LogP contribution < -0.4 is 0 Å². The summed E-state index contributed by atoms with van der Waals surface area (Å²) in [4.78, 5) is 13.7. The summed E-state index contributed by atoms with van der Waals surface area (Å²) in [5.41, 5.74) is 1.59. The summed E-state index contributed by atoms with van der Waals surface area (Å²) in [6.07, 6.45) is 2.49. The van der Waals surface area contributed by atoms with Gasteiger partial charge in [0.2, 0.25) is 0 Å². The van der Waals surface area contributed by atoms with E-state index in [1.165, 1.54) is 25.3 Å². The van der Waals surface area contributed by atoms with Crippen LogP contribution in [0.5, 0.6) is 0 Å². The SMILES string of the molecule is CC(=O)OC1CN([C@H](C)c2ccccc2)CC12CC2. The smallest absolute Gasteiger partial charge is 0.302 e. The minimum atomic E-state index is -0.148. The lowest BCUT2D eigenvalue weighted by atomic mass is 10.0. The first-order valence-corrected chi connectivity index (χ1v) is 7.07. The Morgan fingerprint density at radius 3 is 2.63 bits per heavy atom. The van der Waals surface area contributed by atoms with Gasteiger partial charge in [0.1, 0.15) is 6.10 Å². The zero-order valence-corrected chi connectivity index (χ0v) is 11.6. The summed E-state index contributed by atoms with van der Waals surface area (Å²) in [7, 11) is 0.